The van der Waals surface area contributed by atoms with E-state index in [1.165, 1.54) is 41.1 Å². The summed E-state index contributed by atoms with van der Waals surface area (Å²) in [5, 5.41) is 21.5. The van der Waals surface area contributed by atoms with Gasteiger partial charge in [0.15, 0.2) is 0 Å². The molecule has 0 saturated heterocycles. The Bertz CT molecular complexity index is 1520. The highest BCUT2D eigenvalue weighted by Crippen LogP contribution is 2.28. The van der Waals surface area contributed by atoms with Gasteiger partial charge < -0.3 is 15.0 Å². The lowest BCUT2D eigenvalue weighted by atomic mass is 10.0. The van der Waals surface area contributed by atoms with E-state index in [0.29, 0.717) is 27.4 Å². The molecule has 0 fully saturated rings. The Balaban J connectivity index is 1.69. The molecule has 0 aliphatic heterocycles. The molecule has 0 aliphatic rings. The number of carboxylic acids is 1. The van der Waals surface area contributed by atoms with Crippen LogP contribution in [0.1, 0.15) is 27.5 Å². The summed E-state index contributed by atoms with van der Waals surface area (Å²) >= 11 is 6.30. The van der Waals surface area contributed by atoms with Crippen LogP contribution in [0, 0.1) is 11.3 Å². The SMILES string of the molecule is N#Cc1ccc(Cl)c(-c2ccn(C(Cc3ccccc3)C(=O)Nc3ccc(C(=O)O)cc3)c(=O)c2)c1. The summed E-state index contributed by atoms with van der Waals surface area (Å²) in [6.45, 7) is 0. The molecule has 3 aromatic carbocycles. The number of halogens is 1. The van der Waals surface area contributed by atoms with Crippen molar-refractivity contribution >= 4 is 29.2 Å². The monoisotopic (exact) mass is 497 g/mol. The fourth-order valence-corrected chi connectivity index (χ4v) is 4.03. The summed E-state index contributed by atoms with van der Waals surface area (Å²) in [7, 11) is 0. The highest BCUT2D eigenvalue weighted by Gasteiger charge is 2.23. The third-order valence-corrected chi connectivity index (χ3v) is 5.99. The molecule has 1 atom stereocenters. The molecule has 0 radical (unpaired) electrons. The van der Waals surface area contributed by atoms with Crippen LogP contribution >= 0.6 is 11.6 Å². The van der Waals surface area contributed by atoms with Gasteiger partial charge in [0.1, 0.15) is 6.04 Å². The first kappa shape index (κ1) is 24.5. The van der Waals surface area contributed by atoms with Crippen molar-refractivity contribution in [3.63, 3.8) is 0 Å². The number of anilines is 1. The van der Waals surface area contributed by atoms with Crippen molar-refractivity contribution in [1.82, 2.24) is 4.57 Å². The minimum Gasteiger partial charge on any atom is -0.478 e. The number of amides is 1. The van der Waals surface area contributed by atoms with Crippen LogP contribution in [0.4, 0.5) is 5.69 Å². The Morgan fingerprint density at radius 2 is 1.72 bits per heavy atom. The second-order valence-electron chi connectivity index (χ2n) is 8.04. The van der Waals surface area contributed by atoms with Gasteiger partial charge in [0.25, 0.3) is 5.56 Å². The summed E-state index contributed by atoms with van der Waals surface area (Å²) in [6.07, 6.45) is 1.79. The summed E-state index contributed by atoms with van der Waals surface area (Å²) in [5.41, 5.74) is 2.44. The first-order valence-corrected chi connectivity index (χ1v) is 11.3. The zero-order valence-corrected chi connectivity index (χ0v) is 19.6. The Kier molecular flexibility index (Phi) is 7.28. The van der Waals surface area contributed by atoms with Crippen LogP contribution in [0.15, 0.2) is 95.9 Å². The third kappa shape index (κ3) is 5.52. The number of hydrogen-bond donors (Lipinski definition) is 2. The molecule has 1 amide bonds. The molecule has 4 aromatic rings. The van der Waals surface area contributed by atoms with Crippen molar-refractivity contribution in [2.45, 2.75) is 12.5 Å². The molecular weight excluding hydrogens is 478 g/mol. The maximum atomic E-state index is 13.3. The van der Waals surface area contributed by atoms with E-state index in [4.69, 9.17) is 16.7 Å². The molecule has 0 saturated carbocycles. The van der Waals surface area contributed by atoms with Gasteiger partial charge in [-0.3, -0.25) is 9.59 Å². The number of nitrogens with zero attached hydrogens (tertiary/aromatic N) is 2. The van der Waals surface area contributed by atoms with Crippen molar-refractivity contribution in [1.29, 1.82) is 5.26 Å². The molecule has 1 heterocycles. The molecule has 2 N–H and O–H groups in total. The number of pyridine rings is 1. The van der Waals surface area contributed by atoms with Crippen LogP contribution in [0.25, 0.3) is 11.1 Å². The van der Waals surface area contributed by atoms with Gasteiger partial charge in [-0.2, -0.15) is 5.26 Å². The highest BCUT2D eigenvalue weighted by molar-refractivity contribution is 6.33. The lowest BCUT2D eigenvalue weighted by Crippen LogP contribution is -2.34. The van der Waals surface area contributed by atoms with Crippen LogP contribution in [0.5, 0.6) is 0 Å². The average molecular weight is 498 g/mol. The number of carbonyl (C=O) groups is 2. The van der Waals surface area contributed by atoms with Crippen molar-refractivity contribution < 1.29 is 14.7 Å². The van der Waals surface area contributed by atoms with E-state index in [0.717, 1.165) is 5.56 Å². The van der Waals surface area contributed by atoms with E-state index in [1.807, 2.05) is 30.3 Å². The predicted octanol–water partition coefficient (Wildman–Crippen LogP) is 5.16. The Morgan fingerprint density at radius 1 is 1.00 bits per heavy atom. The minimum absolute atomic E-state index is 0.0970. The minimum atomic E-state index is -1.07. The van der Waals surface area contributed by atoms with Gasteiger partial charge in [0.05, 0.1) is 17.2 Å². The Labute approximate surface area is 211 Å². The van der Waals surface area contributed by atoms with E-state index in [1.54, 1.807) is 24.3 Å². The maximum absolute atomic E-state index is 13.3. The van der Waals surface area contributed by atoms with Crippen LogP contribution in [-0.4, -0.2) is 21.6 Å². The largest absolute Gasteiger partial charge is 0.478 e. The van der Waals surface area contributed by atoms with Crippen LogP contribution in [0.2, 0.25) is 5.02 Å². The molecule has 1 aromatic heterocycles. The smallest absolute Gasteiger partial charge is 0.335 e. The molecule has 0 aliphatic carbocycles. The lowest BCUT2D eigenvalue weighted by Gasteiger charge is -2.20. The number of carboxylic acid groups (broad SMARTS) is 1. The molecule has 4 rings (SSSR count). The molecular formula is C28H20ClN3O4. The van der Waals surface area contributed by atoms with E-state index in [2.05, 4.69) is 11.4 Å². The molecule has 1 unspecified atom stereocenters. The average Bonchev–Trinajstić information content (AvgIpc) is 2.88. The van der Waals surface area contributed by atoms with Gasteiger partial charge in [-0.05, 0) is 59.7 Å². The van der Waals surface area contributed by atoms with Gasteiger partial charge in [0, 0.05) is 35.0 Å². The van der Waals surface area contributed by atoms with E-state index in [9.17, 15) is 19.6 Å². The normalized spacial score (nSPS) is 11.3. The molecule has 8 heteroatoms. The standard InChI is InChI=1S/C28H20ClN3O4/c29-24-11-6-19(17-30)14-23(24)21-12-13-32(26(33)16-21)25(15-18-4-2-1-3-5-18)27(34)31-22-9-7-20(8-10-22)28(35)36/h1-14,16,25H,15H2,(H,31,34)(H,35,36). The van der Waals surface area contributed by atoms with E-state index in [-0.39, 0.29) is 12.0 Å². The van der Waals surface area contributed by atoms with Crippen LogP contribution in [-0.2, 0) is 11.2 Å². The fraction of sp³-hybridized carbons (Fsp3) is 0.0714. The topological polar surface area (TPSA) is 112 Å². The summed E-state index contributed by atoms with van der Waals surface area (Å²) in [6, 6.07) is 24.1. The van der Waals surface area contributed by atoms with Crippen molar-refractivity contribution in [3.8, 4) is 17.2 Å². The third-order valence-electron chi connectivity index (χ3n) is 5.66. The van der Waals surface area contributed by atoms with Crippen molar-refractivity contribution in [2.75, 3.05) is 5.32 Å². The van der Waals surface area contributed by atoms with E-state index < -0.39 is 23.5 Å². The van der Waals surface area contributed by atoms with Crippen molar-refractivity contribution in [3.05, 3.63) is 123 Å². The predicted molar refractivity (Wildman–Crippen MR) is 137 cm³/mol. The molecule has 7 nitrogen and oxygen atoms in total. The number of nitrogens with one attached hydrogen (secondary N) is 1. The zero-order chi connectivity index (χ0) is 25.7. The van der Waals surface area contributed by atoms with Crippen molar-refractivity contribution in [2.24, 2.45) is 0 Å². The molecule has 0 bridgehead atoms. The number of hydrogen-bond acceptors (Lipinski definition) is 4. The highest BCUT2D eigenvalue weighted by atomic mass is 35.5. The molecule has 178 valence electrons. The second kappa shape index (κ2) is 10.7. The molecule has 0 spiro atoms. The lowest BCUT2D eigenvalue weighted by molar-refractivity contribution is -0.119. The maximum Gasteiger partial charge on any atom is 0.335 e. The first-order valence-electron chi connectivity index (χ1n) is 11.0. The van der Waals surface area contributed by atoms with E-state index >= 15 is 0 Å². The number of aromatic nitrogens is 1. The number of carbonyl (C=O) groups excluding carboxylic acids is 1. The second-order valence-corrected chi connectivity index (χ2v) is 8.45. The molecule has 36 heavy (non-hydrogen) atoms. The van der Waals surface area contributed by atoms with Gasteiger partial charge >= 0.3 is 5.97 Å². The van der Waals surface area contributed by atoms with Gasteiger partial charge in [-0.1, -0.05) is 41.9 Å². The Hall–Kier alpha value is -4.67. The number of benzene rings is 3. The Morgan fingerprint density at radius 3 is 2.36 bits per heavy atom. The summed E-state index contributed by atoms with van der Waals surface area (Å²) < 4.78 is 1.35. The summed E-state index contributed by atoms with van der Waals surface area (Å²) in [5.74, 6) is -1.50. The number of rotatable bonds is 7. The quantitative estimate of drug-likeness (QED) is 0.366. The fourth-order valence-electron chi connectivity index (χ4n) is 3.81. The number of nitriles is 1. The van der Waals surface area contributed by atoms with Gasteiger partial charge in [0.2, 0.25) is 5.91 Å². The van der Waals surface area contributed by atoms with Crippen LogP contribution < -0.4 is 10.9 Å². The van der Waals surface area contributed by atoms with Gasteiger partial charge in [-0.25, -0.2) is 4.79 Å². The zero-order valence-electron chi connectivity index (χ0n) is 18.9. The van der Waals surface area contributed by atoms with Crippen LogP contribution in [0.3, 0.4) is 0 Å². The first-order chi connectivity index (χ1) is 17.4. The number of aromatic carboxylic acids is 1. The summed E-state index contributed by atoms with van der Waals surface area (Å²) in [4.78, 5) is 37.6. The van der Waals surface area contributed by atoms with Gasteiger partial charge in [-0.15, -0.1) is 0 Å².